The first-order valence-electron chi connectivity index (χ1n) is 3.78. The van der Waals surface area contributed by atoms with Crippen molar-refractivity contribution in [1.29, 1.82) is 0 Å². The zero-order valence-electron chi connectivity index (χ0n) is 6.99. The van der Waals surface area contributed by atoms with Crippen LogP contribution >= 0.6 is 11.6 Å². The largest absolute Gasteiger partial charge is 0.360 e. The second-order valence-electron chi connectivity index (χ2n) is 2.89. The van der Waals surface area contributed by atoms with E-state index < -0.39 is 10.0 Å². The van der Waals surface area contributed by atoms with Crippen molar-refractivity contribution in [3.8, 4) is 0 Å². The molecular formula is C8H7ClN2O2S. The standard InChI is InChI=1S/C8H7ClN2O2S/c9-7-4-11-8-2-1-5(3-6(7)8)14(10,12)13/h1-4,11H,(H2,10,12,13). The number of hydrogen-bond donors (Lipinski definition) is 2. The van der Waals surface area contributed by atoms with Gasteiger partial charge in [0.15, 0.2) is 0 Å². The number of primary sulfonamides is 1. The first-order valence-corrected chi connectivity index (χ1v) is 5.70. The average molecular weight is 231 g/mol. The zero-order chi connectivity index (χ0) is 10.3. The maximum absolute atomic E-state index is 11.0. The Hall–Kier alpha value is -1.04. The molecule has 2 rings (SSSR count). The average Bonchev–Trinajstić information content (AvgIpc) is 2.46. The van der Waals surface area contributed by atoms with Crippen LogP contribution in [-0.4, -0.2) is 13.4 Å². The smallest absolute Gasteiger partial charge is 0.238 e. The molecule has 0 amide bonds. The monoisotopic (exact) mass is 230 g/mol. The molecule has 74 valence electrons. The van der Waals surface area contributed by atoms with Crippen LogP contribution in [0, 0.1) is 0 Å². The number of aromatic nitrogens is 1. The van der Waals surface area contributed by atoms with E-state index >= 15 is 0 Å². The molecule has 1 aromatic heterocycles. The Morgan fingerprint density at radius 2 is 2.07 bits per heavy atom. The maximum atomic E-state index is 11.0. The first kappa shape index (κ1) is 9.51. The van der Waals surface area contributed by atoms with Gasteiger partial charge in [-0.05, 0) is 18.2 Å². The maximum Gasteiger partial charge on any atom is 0.238 e. The number of aromatic amines is 1. The fourth-order valence-corrected chi connectivity index (χ4v) is 1.99. The van der Waals surface area contributed by atoms with E-state index in [-0.39, 0.29) is 4.90 Å². The molecule has 0 bridgehead atoms. The van der Waals surface area contributed by atoms with Gasteiger partial charge < -0.3 is 4.98 Å². The minimum atomic E-state index is -3.66. The highest BCUT2D eigenvalue weighted by atomic mass is 35.5. The summed E-state index contributed by atoms with van der Waals surface area (Å²) in [5, 5.41) is 6.11. The summed E-state index contributed by atoms with van der Waals surface area (Å²) in [5.74, 6) is 0. The van der Waals surface area contributed by atoms with E-state index in [1.54, 1.807) is 12.3 Å². The summed E-state index contributed by atoms with van der Waals surface area (Å²) in [7, 11) is -3.66. The van der Waals surface area contributed by atoms with Crippen molar-refractivity contribution >= 4 is 32.5 Å². The summed E-state index contributed by atoms with van der Waals surface area (Å²) in [5.41, 5.74) is 0.780. The Labute approximate surface area is 85.7 Å². The van der Waals surface area contributed by atoms with Gasteiger partial charge in [-0.15, -0.1) is 0 Å². The first-order chi connectivity index (χ1) is 6.48. The molecule has 6 heteroatoms. The number of rotatable bonds is 1. The van der Waals surface area contributed by atoms with Crippen molar-refractivity contribution in [3.05, 3.63) is 29.4 Å². The van der Waals surface area contributed by atoms with Gasteiger partial charge in [-0.2, -0.15) is 0 Å². The van der Waals surface area contributed by atoms with Crippen LogP contribution in [0.1, 0.15) is 0 Å². The van der Waals surface area contributed by atoms with E-state index in [1.807, 2.05) is 0 Å². The molecule has 0 aliphatic carbocycles. The molecule has 1 heterocycles. The summed E-state index contributed by atoms with van der Waals surface area (Å²) in [6.07, 6.45) is 1.60. The van der Waals surface area contributed by atoms with Gasteiger partial charge in [-0.1, -0.05) is 11.6 Å². The lowest BCUT2D eigenvalue weighted by Gasteiger charge is -1.97. The highest BCUT2D eigenvalue weighted by molar-refractivity contribution is 7.89. The van der Waals surface area contributed by atoms with E-state index in [1.165, 1.54) is 12.1 Å². The minimum absolute atomic E-state index is 0.0616. The molecule has 0 fully saturated rings. The van der Waals surface area contributed by atoms with Gasteiger partial charge in [-0.3, -0.25) is 0 Å². The molecule has 4 nitrogen and oxygen atoms in total. The second-order valence-corrected chi connectivity index (χ2v) is 4.86. The Bertz CT molecular complexity index is 588. The second kappa shape index (κ2) is 2.98. The lowest BCUT2D eigenvalue weighted by atomic mass is 10.2. The molecule has 0 atom stereocenters. The fraction of sp³-hybridized carbons (Fsp3) is 0. The Kier molecular flexibility index (Phi) is 2.02. The molecule has 0 radical (unpaired) electrons. The van der Waals surface area contributed by atoms with Gasteiger partial charge in [-0.25, -0.2) is 13.6 Å². The van der Waals surface area contributed by atoms with Crippen molar-refractivity contribution < 1.29 is 8.42 Å². The minimum Gasteiger partial charge on any atom is -0.360 e. The van der Waals surface area contributed by atoms with Crippen LogP contribution < -0.4 is 5.14 Å². The predicted molar refractivity (Wildman–Crippen MR) is 54.7 cm³/mol. The molecule has 0 saturated heterocycles. The van der Waals surface area contributed by atoms with Crippen LogP contribution in [0.25, 0.3) is 10.9 Å². The van der Waals surface area contributed by atoms with Crippen molar-refractivity contribution in [3.63, 3.8) is 0 Å². The molecule has 14 heavy (non-hydrogen) atoms. The number of sulfonamides is 1. The third-order valence-corrected chi connectivity index (χ3v) is 3.15. The summed E-state index contributed by atoms with van der Waals surface area (Å²) in [6.45, 7) is 0. The van der Waals surface area contributed by atoms with Crippen molar-refractivity contribution in [2.45, 2.75) is 4.90 Å². The Morgan fingerprint density at radius 1 is 1.36 bits per heavy atom. The van der Waals surface area contributed by atoms with Crippen molar-refractivity contribution in [2.24, 2.45) is 5.14 Å². The molecule has 0 saturated carbocycles. The fourth-order valence-electron chi connectivity index (χ4n) is 1.24. The topological polar surface area (TPSA) is 76.0 Å². The molecule has 0 unspecified atom stereocenters. The van der Waals surface area contributed by atoms with Crippen LogP contribution in [0.15, 0.2) is 29.3 Å². The van der Waals surface area contributed by atoms with Gasteiger partial charge in [0, 0.05) is 17.1 Å². The summed E-state index contributed by atoms with van der Waals surface area (Å²) in [6, 6.07) is 4.51. The van der Waals surface area contributed by atoms with E-state index in [2.05, 4.69) is 4.98 Å². The van der Waals surface area contributed by atoms with E-state index in [0.29, 0.717) is 10.4 Å². The van der Waals surface area contributed by atoms with Gasteiger partial charge in [0.2, 0.25) is 10.0 Å². The van der Waals surface area contributed by atoms with Crippen LogP contribution in [0.3, 0.4) is 0 Å². The van der Waals surface area contributed by atoms with Crippen LogP contribution in [0.5, 0.6) is 0 Å². The van der Waals surface area contributed by atoms with Gasteiger partial charge >= 0.3 is 0 Å². The summed E-state index contributed by atoms with van der Waals surface area (Å²) < 4.78 is 22.1. The van der Waals surface area contributed by atoms with E-state index in [0.717, 1.165) is 5.52 Å². The molecule has 0 spiro atoms. The lowest BCUT2D eigenvalue weighted by molar-refractivity contribution is 0.598. The number of benzene rings is 1. The molecule has 0 aliphatic heterocycles. The number of hydrogen-bond acceptors (Lipinski definition) is 2. The Balaban J connectivity index is 2.79. The summed E-state index contributed by atoms with van der Waals surface area (Å²) in [4.78, 5) is 2.96. The van der Waals surface area contributed by atoms with Crippen LogP contribution in [-0.2, 0) is 10.0 Å². The highest BCUT2D eigenvalue weighted by Gasteiger charge is 2.09. The molecular weight excluding hydrogens is 224 g/mol. The number of nitrogens with one attached hydrogen (secondary N) is 1. The van der Waals surface area contributed by atoms with Gasteiger partial charge in [0.1, 0.15) is 0 Å². The number of fused-ring (bicyclic) bond motifs is 1. The van der Waals surface area contributed by atoms with Gasteiger partial charge in [0.05, 0.1) is 9.92 Å². The molecule has 3 N–H and O–H groups in total. The molecule has 2 aromatic rings. The molecule has 1 aromatic carbocycles. The van der Waals surface area contributed by atoms with Crippen LogP contribution in [0.2, 0.25) is 5.02 Å². The quantitative estimate of drug-likeness (QED) is 0.778. The number of halogens is 1. The highest BCUT2D eigenvalue weighted by Crippen LogP contribution is 2.24. The number of H-pyrrole nitrogens is 1. The van der Waals surface area contributed by atoms with Crippen LogP contribution in [0.4, 0.5) is 0 Å². The third kappa shape index (κ3) is 1.50. The van der Waals surface area contributed by atoms with Gasteiger partial charge in [0.25, 0.3) is 0 Å². The van der Waals surface area contributed by atoms with Crippen molar-refractivity contribution in [1.82, 2.24) is 4.98 Å². The number of nitrogens with two attached hydrogens (primary N) is 1. The normalized spacial score (nSPS) is 12.1. The third-order valence-electron chi connectivity index (χ3n) is 1.93. The van der Waals surface area contributed by atoms with E-state index in [9.17, 15) is 8.42 Å². The Morgan fingerprint density at radius 3 is 2.71 bits per heavy atom. The van der Waals surface area contributed by atoms with Crippen molar-refractivity contribution in [2.75, 3.05) is 0 Å². The summed E-state index contributed by atoms with van der Waals surface area (Å²) >= 11 is 5.83. The lowest BCUT2D eigenvalue weighted by Crippen LogP contribution is -2.11. The zero-order valence-corrected chi connectivity index (χ0v) is 8.56. The predicted octanol–water partition coefficient (Wildman–Crippen LogP) is 1.47. The SMILES string of the molecule is NS(=O)(=O)c1ccc2[nH]cc(Cl)c2c1. The molecule has 0 aliphatic rings. The van der Waals surface area contributed by atoms with E-state index in [4.69, 9.17) is 16.7 Å².